The summed E-state index contributed by atoms with van der Waals surface area (Å²) in [6.07, 6.45) is 4.63. The minimum atomic E-state index is 0.462. The number of anilines is 1. The molecule has 2 atom stereocenters. The van der Waals surface area contributed by atoms with E-state index in [1.165, 1.54) is 22.4 Å². The Morgan fingerprint density at radius 1 is 0.889 bits per heavy atom. The number of hydrogen-bond acceptors (Lipinski definition) is 1. The van der Waals surface area contributed by atoms with Gasteiger partial charge in [-0.25, -0.2) is 0 Å². The fourth-order valence-electron chi connectivity index (χ4n) is 3.40. The van der Waals surface area contributed by atoms with E-state index in [1.54, 1.807) is 0 Å². The van der Waals surface area contributed by atoms with Gasteiger partial charge in [0.1, 0.15) is 0 Å². The first-order chi connectivity index (χ1) is 8.86. The maximum atomic E-state index is 2.42. The van der Waals surface area contributed by atoms with Gasteiger partial charge in [0.15, 0.2) is 0 Å². The Kier molecular flexibility index (Phi) is 1.93. The molecule has 0 saturated carbocycles. The molecule has 88 valence electrons. The molecule has 0 fully saturated rings. The van der Waals surface area contributed by atoms with E-state index >= 15 is 0 Å². The normalized spacial score (nSPS) is 23.5. The molecule has 1 aliphatic heterocycles. The SMILES string of the molecule is CN1c2ccccc2C2C=Cc3ccccc3C21. The van der Waals surface area contributed by atoms with Gasteiger partial charge in [-0.1, -0.05) is 54.6 Å². The molecule has 2 unspecified atom stereocenters. The summed E-state index contributed by atoms with van der Waals surface area (Å²) in [5.41, 5.74) is 5.63. The molecular formula is C17H15N. The van der Waals surface area contributed by atoms with Gasteiger partial charge in [0.2, 0.25) is 0 Å². The molecule has 1 heteroatoms. The van der Waals surface area contributed by atoms with Gasteiger partial charge in [0.25, 0.3) is 0 Å². The highest BCUT2D eigenvalue weighted by Crippen LogP contribution is 2.51. The number of nitrogens with zero attached hydrogens (tertiary/aromatic N) is 1. The van der Waals surface area contributed by atoms with Gasteiger partial charge in [0.05, 0.1) is 6.04 Å². The quantitative estimate of drug-likeness (QED) is 0.665. The Hall–Kier alpha value is -2.02. The highest BCUT2D eigenvalue weighted by atomic mass is 15.2. The third kappa shape index (κ3) is 1.16. The zero-order chi connectivity index (χ0) is 12.1. The van der Waals surface area contributed by atoms with E-state index in [1.807, 2.05) is 0 Å². The molecule has 0 bridgehead atoms. The van der Waals surface area contributed by atoms with E-state index in [9.17, 15) is 0 Å². The highest BCUT2D eigenvalue weighted by molar-refractivity contribution is 5.71. The summed E-state index contributed by atoms with van der Waals surface area (Å²) in [5, 5.41) is 0. The van der Waals surface area contributed by atoms with Crippen LogP contribution in [0.15, 0.2) is 54.6 Å². The van der Waals surface area contributed by atoms with Crippen molar-refractivity contribution < 1.29 is 0 Å². The Morgan fingerprint density at radius 3 is 2.50 bits per heavy atom. The molecule has 0 aromatic heterocycles. The van der Waals surface area contributed by atoms with Crippen molar-refractivity contribution in [1.82, 2.24) is 0 Å². The van der Waals surface area contributed by atoms with E-state index in [0.717, 1.165) is 0 Å². The van der Waals surface area contributed by atoms with Crippen molar-refractivity contribution in [2.24, 2.45) is 0 Å². The fraction of sp³-hybridized carbons (Fsp3) is 0.176. The summed E-state index contributed by atoms with van der Waals surface area (Å²) in [5.74, 6) is 0.501. The molecule has 1 aliphatic carbocycles. The minimum Gasteiger partial charge on any atom is -0.366 e. The molecular weight excluding hydrogens is 218 g/mol. The number of fused-ring (bicyclic) bond motifs is 5. The Morgan fingerprint density at radius 2 is 1.61 bits per heavy atom. The number of para-hydroxylation sites is 1. The van der Waals surface area contributed by atoms with Gasteiger partial charge in [-0.15, -0.1) is 0 Å². The fourth-order valence-corrected chi connectivity index (χ4v) is 3.40. The molecule has 2 aromatic rings. The van der Waals surface area contributed by atoms with Crippen LogP contribution in [0.4, 0.5) is 5.69 Å². The second-order valence-corrected chi connectivity index (χ2v) is 5.13. The van der Waals surface area contributed by atoms with Crippen LogP contribution in [0.25, 0.3) is 6.08 Å². The molecule has 1 heterocycles. The van der Waals surface area contributed by atoms with E-state index in [4.69, 9.17) is 0 Å². The van der Waals surface area contributed by atoms with Gasteiger partial charge < -0.3 is 4.90 Å². The molecule has 0 saturated heterocycles. The molecule has 0 amide bonds. The second-order valence-electron chi connectivity index (χ2n) is 5.13. The van der Waals surface area contributed by atoms with Gasteiger partial charge in [-0.2, -0.15) is 0 Å². The number of rotatable bonds is 0. The van der Waals surface area contributed by atoms with Crippen molar-refractivity contribution in [2.45, 2.75) is 12.0 Å². The lowest BCUT2D eigenvalue weighted by molar-refractivity contribution is 0.647. The van der Waals surface area contributed by atoms with Gasteiger partial charge in [0, 0.05) is 18.7 Å². The van der Waals surface area contributed by atoms with Crippen LogP contribution in [-0.2, 0) is 0 Å². The number of hydrogen-bond donors (Lipinski definition) is 0. The summed E-state index contributed by atoms with van der Waals surface area (Å²) < 4.78 is 0. The van der Waals surface area contributed by atoms with Crippen molar-refractivity contribution >= 4 is 11.8 Å². The first-order valence-electron chi connectivity index (χ1n) is 6.45. The molecule has 2 aromatic carbocycles. The van der Waals surface area contributed by atoms with Crippen LogP contribution in [0.3, 0.4) is 0 Å². The standard InChI is InChI=1S/C17H15N/c1-18-16-9-5-4-8-14(16)15-11-10-12-6-2-3-7-13(12)17(15)18/h2-11,15,17H,1H3. The third-order valence-corrected chi connectivity index (χ3v) is 4.23. The maximum absolute atomic E-state index is 2.42. The van der Waals surface area contributed by atoms with Gasteiger partial charge in [-0.3, -0.25) is 0 Å². The molecule has 18 heavy (non-hydrogen) atoms. The summed E-state index contributed by atoms with van der Waals surface area (Å²) in [6.45, 7) is 0. The van der Waals surface area contributed by atoms with Crippen LogP contribution in [0, 0.1) is 0 Å². The molecule has 0 radical (unpaired) electrons. The predicted molar refractivity (Wildman–Crippen MR) is 75.8 cm³/mol. The van der Waals surface area contributed by atoms with Crippen molar-refractivity contribution in [3.63, 3.8) is 0 Å². The van der Waals surface area contributed by atoms with E-state index in [2.05, 4.69) is 72.6 Å². The van der Waals surface area contributed by atoms with Crippen LogP contribution in [0.2, 0.25) is 0 Å². The zero-order valence-corrected chi connectivity index (χ0v) is 10.4. The molecule has 0 spiro atoms. The Labute approximate surface area is 107 Å². The average Bonchev–Trinajstić information content (AvgIpc) is 2.73. The summed E-state index contributed by atoms with van der Waals surface area (Å²) in [7, 11) is 2.21. The number of benzene rings is 2. The topological polar surface area (TPSA) is 3.24 Å². The zero-order valence-electron chi connectivity index (χ0n) is 10.4. The lowest BCUT2D eigenvalue weighted by Crippen LogP contribution is -2.23. The van der Waals surface area contributed by atoms with Crippen molar-refractivity contribution in [1.29, 1.82) is 0 Å². The van der Waals surface area contributed by atoms with Gasteiger partial charge >= 0.3 is 0 Å². The first-order valence-corrected chi connectivity index (χ1v) is 6.45. The summed E-state index contributed by atoms with van der Waals surface area (Å²) in [6, 6.07) is 17.9. The highest BCUT2D eigenvalue weighted by Gasteiger charge is 2.38. The van der Waals surface area contributed by atoms with Crippen LogP contribution in [0.1, 0.15) is 28.7 Å². The first kappa shape index (κ1) is 9.95. The van der Waals surface area contributed by atoms with Crippen LogP contribution in [0.5, 0.6) is 0 Å². The second kappa shape index (κ2) is 3.49. The maximum Gasteiger partial charge on any atom is 0.0649 e. The molecule has 1 nitrogen and oxygen atoms in total. The molecule has 2 aliphatic rings. The van der Waals surface area contributed by atoms with Gasteiger partial charge in [-0.05, 0) is 22.8 Å². The summed E-state index contributed by atoms with van der Waals surface area (Å²) >= 11 is 0. The van der Waals surface area contributed by atoms with Crippen molar-refractivity contribution in [3.8, 4) is 0 Å². The van der Waals surface area contributed by atoms with Crippen molar-refractivity contribution in [2.75, 3.05) is 11.9 Å². The van der Waals surface area contributed by atoms with Crippen LogP contribution >= 0.6 is 0 Å². The smallest absolute Gasteiger partial charge is 0.0649 e. The van der Waals surface area contributed by atoms with E-state index < -0.39 is 0 Å². The Balaban J connectivity index is 1.94. The van der Waals surface area contributed by atoms with E-state index in [-0.39, 0.29) is 0 Å². The molecule has 0 N–H and O–H groups in total. The monoisotopic (exact) mass is 233 g/mol. The Bertz CT molecular complexity index is 642. The van der Waals surface area contributed by atoms with Crippen LogP contribution < -0.4 is 4.90 Å². The predicted octanol–water partition coefficient (Wildman–Crippen LogP) is 3.99. The van der Waals surface area contributed by atoms with E-state index in [0.29, 0.717) is 12.0 Å². The van der Waals surface area contributed by atoms with Crippen molar-refractivity contribution in [3.05, 3.63) is 71.3 Å². The largest absolute Gasteiger partial charge is 0.366 e. The third-order valence-electron chi connectivity index (χ3n) is 4.23. The average molecular weight is 233 g/mol. The summed E-state index contributed by atoms with van der Waals surface area (Å²) in [4.78, 5) is 2.42. The number of likely N-dealkylation sites (N-methyl/N-ethyl adjacent to an activating group) is 1. The lowest BCUT2D eigenvalue weighted by atomic mass is 9.83. The lowest BCUT2D eigenvalue weighted by Gasteiger charge is -2.30. The van der Waals surface area contributed by atoms with Crippen LogP contribution in [-0.4, -0.2) is 7.05 Å². The molecule has 4 rings (SSSR count). The minimum absolute atomic E-state index is 0.462.